The topological polar surface area (TPSA) is 21.3 Å². The summed E-state index contributed by atoms with van der Waals surface area (Å²) >= 11 is 0. The summed E-state index contributed by atoms with van der Waals surface area (Å²) in [6, 6.07) is 6.89. The molecule has 0 aliphatic carbocycles. The maximum absolute atomic E-state index is 5.70. The number of nitrogens with one attached hydrogen (secondary N) is 1. The fraction of sp³-hybridized carbons (Fsp3) is 0.571. The maximum atomic E-state index is 5.70. The van der Waals surface area contributed by atoms with E-state index in [0.29, 0.717) is 6.04 Å². The minimum absolute atomic E-state index is 0.572. The average Bonchev–Trinajstić information content (AvgIpc) is 2.22. The Balaban J connectivity index is 2.32. The second-order valence-corrected chi connectivity index (χ2v) is 4.44. The third kappa shape index (κ3) is 4.67. The summed E-state index contributed by atoms with van der Waals surface area (Å²) in [5, 5.41) is 3.41. The molecule has 1 aromatic carbocycles. The molecule has 90 valence electrons. The molecule has 0 unspecified atom stereocenters. The van der Waals surface area contributed by atoms with Crippen LogP contribution in [0.1, 0.15) is 31.4 Å². The lowest BCUT2D eigenvalue weighted by molar-refractivity contribution is 0.306. The van der Waals surface area contributed by atoms with Gasteiger partial charge in [0.2, 0.25) is 0 Å². The number of hydrogen-bond donors (Lipinski definition) is 1. The van der Waals surface area contributed by atoms with Crippen LogP contribution in [0.15, 0.2) is 18.2 Å². The van der Waals surface area contributed by atoms with E-state index < -0.39 is 0 Å². The monoisotopic (exact) mass is 221 g/mol. The Morgan fingerprint density at radius 2 is 1.81 bits per heavy atom. The highest BCUT2D eigenvalue weighted by atomic mass is 16.5. The largest absolute Gasteiger partial charge is 0.492 e. The van der Waals surface area contributed by atoms with Crippen LogP contribution in [0.2, 0.25) is 0 Å². The van der Waals surface area contributed by atoms with Gasteiger partial charge in [-0.1, -0.05) is 13.0 Å². The first kappa shape index (κ1) is 13.0. The van der Waals surface area contributed by atoms with Crippen LogP contribution in [0.5, 0.6) is 5.75 Å². The average molecular weight is 221 g/mol. The van der Waals surface area contributed by atoms with Crippen LogP contribution in [0, 0.1) is 13.8 Å². The first-order valence-corrected chi connectivity index (χ1v) is 6.06. The van der Waals surface area contributed by atoms with Gasteiger partial charge in [0.25, 0.3) is 0 Å². The Morgan fingerprint density at radius 1 is 1.19 bits per heavy atom. The SMILES string of the molecule is CC[C@H](C)NCCOc1cc(C)cc(C)c1. The van der Waals surface area contributed by atoms with Crippen molar-refractivity contribution in [1.82, 2.24) is 5.32 Å². The molecule has 1 aromatic rings. The first-order chi connectivity index (χ1) is 7.61. The molecule has 0 spiro atoms. The van der Waals surface area contributed by atoms with Crippen molar-refractivity contribution in [3.63, 3.8) is 0 Å². The fourth-order valence-electron chi connectivity index (χ4n) is 1.63. The van der Waals surface area contributed by atoms with Gasteiger partial charge in [-0.3, -0.25) is 0 Å². The van der Waals surface area contributed by atoms with E-state index in [1.165, 1.54) is 11.1 Å². The van der Waals surface area contributed by atoms with E-state index in [-0.39, 0.29) is 0 Å². The normalized spacial score (nSPS) is 12.5. The highest BCUT2D eigenvalue weighted by molar-refractivity contribution is 5.32. The smallest absolute Gasteiger partial charge is 0.119 e. The highest BCUT2D eigenvalue weighted by Gasteiger charge is 1.98. The molecule has 0 aliphatic heterocycles. The minimum atomic E-state index is 0.572. The zero-order valence-corrected chi connectivity index (χ0v) is 10.8. The van der Waals surface area contributed by atoms with Gasteiger partial charge in [-0.05, 0) is 50.5 Å². The van der Waals surface area contributed by atoms with Crippen molar-refractivity contribution < 1.29 is 4.74 Å². The van der Waals surface area contributed by atoms with Crippen LogP contribution in [0.25, 0.3) is 0 Å². The van der Waals surface area contributed by atoms with E-state index in [9.17, 15) is 0 Å². The molecule has 2 heteroatoms. The van der Waals surface area contributed by atoms with Gasteiger partial charge in [0.15, 0.2) is 0 Å². The molecule has 1 atom stereocenters. The number of aryl methyl sites for hydroxylation is 2. The van der Waals surface area contributed by atoms with Gasteiger partial charge in [0.1, 0.15) is 12.4 Å². The Kier molecular flexibility index (Phi) is 5.33. The van der Waals surface area contributed by atoms with Crippen LogP contribution in [0.3, 0.4) is 0 Å². The van der Waals surface area contributed by atoms with Crippen molar-refractivity contribution in [3.05, 3.63) is 29.3 Å². The lowest BCUT2D eigenvalue weighted by Gasteiger charge is -2.12. The standard InChI is InChI=1S/C14H23NO/c1-5-13(4)15-6-7-16-14-9-11(2)8-12(3)10-14/h8-10,13,15H,5-7H2,1-4H3/t13-/m0/s1. The zero-order valence-electron chi connectivity index (χ0n) is 10.8. The van der Waals surface area contributed by atoms with Crippen LogP contribution in [0.4, 0.5) is 0 Å². The molecule has 0 saturated carbocycles. The predicted molar refractivity (Wildman–Crippen MR) is 69.2 cm³/mol. The van der Waals surface area contributed by atoms with Crippen LogP contribution >= 0.6 is 0 Å². The van der Waals surface area contributed by atoms with Crippen LogP contribution in [-0.4, -0.2) is 19.2 Å². The molecule has 0 aromatic heterocycles. The Labute approximate surface area is 99.0 Å². The van der Waals surface area contributed by atoms with Crippen LogP contribution in [-0.2, 0) is 0 Å². The lowest BCUT2D eigenvalue weighted by atomic mass is 10.1. The molecular formula is C14H23NO. The third-order valence-corrected chi connectivity index (χ3v) is 2.67. The number of benzene rings is 1. The van der Waals surface area contributed by atoms with Crippen molar-refractivity contribution in [1.29, 1.82) is 0 Å². The second kappa shape index (κ2) is 6.54. The molecule has 0 fully saturated rings. The lowest BCUT2D eigenvalue weighted by Crippen LogP contribution is -2.29. The summed E-state index contributed by atoms with van der Waals surface area (Å²) in [5.41, 5.74) is 2.51. The Hall–Kier alpha value is -1.02. The molecule has 0 amide bonds. The van der Waals surface area contributed by atoms with Gasteiger partial charge >= 0.3 is 0 Å². The molecule has 0 heterocycles. The quantitative estimate of drug-likeness (QED) is 0.745. The van der Waals surface area contributed by atoms with Crippen molar-refractivity contribution in [2.45, 2.75) is 40.2 Å². The first-order valence-electron chi connectivity index (χ1n) is 6.06. The third-order valence-electron chi connectivity index (χ3n) is 2.67. The van der Waals surface area contributed by atoms with E-state index in [2.05, 4.69) is 51.2 Å². The molecule has 1 N–H and O–H groups in total. The van der Waals surface area contributed by atoms with Crippen molar-refractivity contribution in [3.8, 4) is 5.75 Å². The molecular weight excluding hydrogens is 198 g/mol. The van der Waals surface area contributed by atoms with Crippen LogP contribution < -0.4 is 10.1 Å². The predicted octanol–water partition coefficient (Wildman–Crippen LogP) is 3.07. The number of ether oxygens (including phenoxy) is 1. The fourth-order valence-corrected chi connectivity index (χ4v) is 1.63. The molecule has 0 saturated heterocycles. The molecule has 0 aliphatic rings. The van der Waals surface area contributed by atoms with Gasteiger partial charge in [-0.25, -0.2) is 0 Å². The van der Waals surface area contributed by atoms with Gasteiger partial charge in [-0.15, -0.1) is 0 Å². The Morgan fingerprint density at radius 3 is 2.38 bits per heavy atom. The molecule has 16 heavy (non-hydrogen) atoms. The number of hydrogen-bond acceptors (Lipinski definition) is 2. The van der Waals surface area contributed by atoms with E-state index in [1.807, 2.05) is 0 Å². The van der Waals surface area contributed by atoms with E-state index in [0.717, 1.165) is 25.3 Å². The summed E-state index contributed by atoms with van der Waals surface area (Å²) in [6.45, 7) is 10.2. The molecule has 2 nitrogen and oxygen atoms in total. The summed E-state index contributed by atoms with van der Waals surface area (Å²) in [5.74, 6) is 0.975. The molecule has 0 bridgehead atoms. The Bertz CT molecular complexity index is 302. The van der Waals surface area contributed by atoms with Gasteiger partial charge in [-0.2, -0.15) is 0 Å². The summed E-state index contributed by atoms with van der Waals surface area (Å²) < 4.78 is 5.70. The zero-order chi connectivity index (χ0) is 12.0. The highest BCUT2D eigenvalue weighted by Crippen LogP contribution is 2.15. The van der Waals surface area contributed by atoms with Crippen molar-refractivity contribution >= 4 is 0 Å². The van der Waals surface area contributed by atoms with Gasteiger partial charge < -0.3 is 10.1 Å². The second-order valence-electron chi connectivity index (χ2n) is 4.44. The molecule has 0 radical (unpaired) electrons. The van der Waals surface area contributed by atoms with Crippen molar-refractivity contribution in [2.24, 2.45) is 0 Å². The maximum Gasteiger partial charge on any atom is 0.119 e. The number of rotatable bonds is 6. The summed E-state index contributed by atoms with van der Waals surface area (Å²) in [6.07, 6.45) is 1.16. The molecule has 1 rings (SSSR count). The summed E-state index contributed by atoms with van der Waals surface area (Å²) in [7, 11) is 0. The summed E-state index contributed by atoms with van der Waals surface area (Å²) in [4.78, 5) is 0. The van der Waals surface area contributed by atoms with E-state index >= 15 is 0 Å². The van der Waals surface area contributed by atoms with Gasteiger partial charge in [0.05, 0.1) is 0 Å². The van der Waals surface area contributed by atoms with Gasteiger partial charge in [0, 0.05) is 12.6 Å². The van der Waals surface area contributed by atoms with Crippen molar-refractivity contribution in [2.75, 3.05) is 13.2 Å². The van der Waals surface area contributed by atoms with E-state index in [1.54, 1.807) is 0 Å². The van der Waals surface area contributed by atoms with E-state index in [4.69, 9.17) is 4.74 Å². The minimum Gasteiger partial charge on any atom is -0.492 e.